The normalized spacial score (nSPS) is 18.2. The lowest BCUT2D eigenvalue weighted by molar-refractivity contribution is -0.141. The van der Waals surface area contributed by atoms with Gasteiger partial charge in [-0.15, -0.1) is 11.8 Å². The van der Waals surface area contributed by atoms with Crippen molar-refractivity contribution in [3.05, 3.63) is 29.8 Å². The SMILES string of the molecule is COC(=O)CC(NC(=O)C1CCC(=O)N1)c1ccc(SC)cc1. The van der Waals surface area contributed by atoms with Crippen LogP contribution in [-0.2, 0) is 19.1 Å². The standard InChI is InChI=1S/C16H20N2O4S/c1-22-15(20)9-13(10-3-5-11(23-2)6-4-10)18-16(21)12-7-8-14(19)17-12/h3-6,12-13H,7-9H2,1-2H3,(H,17,19)(H,18,21). The van der Waals surface area contributed by atoms with Gasteiger partial charge in [-0.25, -0.2) is 0 Å². The summed E-state index contributed by atoms with van der Waals surface area (Å²) in [5.74, 6) is -0.808. The van der Waals surface area contributed by atoms with Gasteiger partial charge in [-0.2, -0.15) is 0 Å². The van der Waals surface area contributed by atoms with E-state index in [1.54, 1.807) is 11.8 Å². The predicted molar refractivity (Wildman–Crippen MR) is 86.9 cm³/mol. The Morgan fingerprint density at radius 1 is 1.39 bits per heavy atom. The fraction of sp³-hybridized carbons (Fsp3) is 0.438. The number of carbonyl (C=O) groups is 3. The Labute approximate surface area is 139 Å². The zero-order valence-corrected chi connectivity index (χ0v) is 13.9. The highest BCUT2D eigenvalue weighted by Crippen LogP contribution is 2.22. The summed E-state index contributed by atoms with van der Waals surface area (Å²) >= 11 is 1.62. The fourth-order valence-electron chi connectivity index (χ4n) is 2.42. The molecule has 2 rings (SSSR count). The van der Waals surface area contributed by atoms with E-state index in [1.807, 2.05) is 30.5 Å². The molecule has 0 aromatic heterocycles. The van der Waals surface area contributed by atoms with Gasteiger partial charge in [0, 0.05) is 11.3 Å². The molecule has 23 heavy (non-hydrogen) atoms. The van der Waals surface area contributed by atoms with Gasteiger partial charge in [0.05, 0.1) is 19.6 Å². The molecule has 2 N–H and O–H groups in total. The van der Waals surface area contributed by atoms with Crippen LogP contribution in [0.25, 0.3) is 0 Å². The first-order valence-electron chi connectivity index (χ1n) is 7.34. The Morgan fingerprint density at radius 2 is 2.09 bits per heavy atom. The number of carbonyl (C=O) groups excluding carboxylic acids is 3. The molecule has 7 heteroatoms. The number of methoxy groups -OCH3 is 1. The lowest BCUT2D eigenvalue weighted by atomic mass is 10.0. The average Bonchev–Trinajstić information content (AvgIpc) is 3.00. The van der Waals surface area contributed by atoms with Crippen molar-refractivity contribution in [2.45, 2.75) is 36.2 Å². The first kappa shape index (κ1) is 17.3. The van der Waals surface area contributed by atoms with E-state index in [1.165, 1.54) is 7.11 Å². The molecule has 1 aliphatic rings. The van der Waals surface area contributed by atoms with Crippen LogP contribution in [0.4, 0.5) is 0 Å². The second-order valence-electron chi connectivity index (χ2n) is 5.27. The Hall–Kier alpha value is -2.02. The number of benzene rings is 1. The molecule has 1 saturated heterocycles. The van der Waals surface area contributed by atoms with Crippen LogP contribution in [0, 0.1) is 0 Å². The third-order valence-electron chi connectivity index (χ3n) is 3.74. The number of thioether (sulfide) groups is 1. The summed E-state index contributed by atoms with van der Waals surface area (Å²) in [5, 5.41) is 5.46. The second-order valence-corrected chi connectivity index (χ2v) is 6.15. The maximum Gasteiger partial charge on any atom is 0.307 e. The van der Waals surface area contributed by atoms with E-state index >= 15 is 0 Å². The number of amides is 2. The van der Waals surface area contributed by atoms with Crippen LogP contribution in [0.15, 0.2) is 29.2 Å². The van der Waals surface area contributed by atoms with Gasteiger partial charge in [-0.3, -0.25) is 14.4 Å². The van der Waals surface area contributed by atoms with Gasteiger partial charge in [0.1, 0.15) is 6.04 Å². The highest BCUT2D eigenvalue weighted by Gasteiger charge is 2.29. The van der Waals surface area contributed by atoms with Crippen molar-refractivity contribution in [1.82, 2.24) is 10.6 Å². The van der Waals surface area contributed by atoms with Crippen LogP contribution in [-0.4, -0.2) is 37.2 Å². The highest BCUT2D eigenvalue weighted by atomic mass is 32.2. The zero-order chi connectivity index (χ0) is 16.8. The van der Waals surface area contributed by atoms with Crippen molar-refractivity contribution < 1.29 is 19.1 Å². The molecule has 1 fully saturated rings. The van der Waals surface area contributed by atoms with Crippen molar-refractivity contribution in [2.24, 2.45) is 0 Å². The van der Waals surface area contributed by atoms with Gasteiger partial charge in [0.15, 0.2) is 0 Å². The first-order chi connectivity index (χ1) is 11.0. The Bertz CT molecular complexity index is 588. The molecule has 124 valence electrons. The molecule has 1 aromatic carbocycles. The van der Waals surface area contributed by atoms with E-state index in [9.17, 15) is 14.4 Å². The molecule has 2 unspecified atom stereocenters. The van der Waals surface area contributed by atoms with Crippen LogP contribution in [0.3, 0.4) is 0 Å². The molecule has 1 aromatic rings. The topological polar surface area (TPSA) is 84.5 Å². The van der Waals surface area contributed by atoms with Gasteiger partial charge < -0.3 is 15.4 Å². The molecule has 0 saturated carbocycles. The lowest BCUT2D eigenvalue weighted by Gasteiger charge is -2.20. The number of hydrogen-bond acceptors (Lipinski definition) is 5. The summed E-state index contributed by atoms with van der Waals surface area (Å²) in [7, 11) is 1.31. The maximum absolute atomic E-state index is 12.3. The summed E-state index contributed by atoms with van der Waals surface area (Å²) < 4.78 is 4.71. The first-order valence-corrected chi connectivity index (χ1v) is 8.56. The molecule has 0 spiro atoms. The van der Waals surface area contributed by atoms with Crippen LogP contribution in [0.1, 0.15) is 30.9 Å². The van der Waals surface area contributed by atoms with Gasteiger partial charge >= 0.3 is 5.97 Å². The minimum Gasteiger partial charge on any atom is -0.469 e. The molecule has 2 amide bonds. The molecule has 1 aliphatic heterocycles. The molecular weight excluding hydrogens is 316 g/mol. The quantitative estimate of drug-likeness (QED) is 0.606. The van der Waals surface area contributed by atoms with E-state index < -0.39 is 18.1 Å². The Kier molecular flexibility index (Phi) is 6.04. The van der Waals surface area contributed by atoms with Gasteiger partial charge in [-0.1, -0.05) is 12.1 Å². The van der Waals surface area contributed by atoms with Crippen molar-refractivity contribution in [1.29, 1.82) is 0 Å². The van der Waals surface area contributed by atoms with Crippen molar-refractivity contribution in [3.63, 3.8) is 0 Å². The average molecular weight is 336 g/mol. The number of ether oxygens (including phenoxy) is 1. The smallest absolute Gasteiger partial charge is 0.307 e. The van der Waals surface area contributed by atoms with E-state index in [4.69, 9.17) is 4.74 Å². The summed E-state index contributed by atoms with van der Waals surface area (Å²) in [4.78, 5) is 36.2. The maximum atomic E-state index is 12.3. The van der Waals surface area contributed by atoms with E-state index in [0.717, 1.165) is 10.5 Å². The molecule has 0 radical (unpaired) electrons. The van der Waals surface area contributed by atoms with Gasteiger partial charge in [-0.05, 0) is 30.4 Å². The summed E-state index contributed by atoms with van der Waals surface area (Å²) in [6, 6.07) is 6.62. The monoisotopic (exact) mass is 336 g/mol. The molecule has 1 heterocycles. The molecule has 0 aliphatic carbocycles. The van der Waals surface area contributed by atoms with Crippen LogP contribution >= 0.6 is 11.8 Å². The minimum absolute atomic E-state index is 0.0432. The number of hydrogen-bond donors (Lipinski definition) is 2. The highest BCUT2D eigenvalue weighted by molar-refractivity contribution is 7.98. The summed E-state index contributed by atoms with van der Waals surface area (Å²) in [5.41, 5.74) is 0.825. The summed E-state index contributed by atoms with van der Waals surface area (Å²) in [6.07, 6.45) is 2.84. The van der Waals surface area contributed by atoms with Crippen molar-refractivity contribution in [3.8, 4) is 0 Å². The Morgan fingerprint density at radius 3 is 2.61 bits per heavy atom. The van der Waals surface area contributed by atoms with Crippen LogP contribution < -0.4 is 10.6 Å². The number of esters is 1. The summed E-state index contributed by atoms with van der Waals surface area (Å²) in [6.45, 7) is 0. The van der Waals surface area contributed by atoms with Crippen molar-refractivity contribution in [2.75, 3.05) is 13.4 Å². The fourth-order valence-corrected chi connectivity index (χ4v) is 2.83. The lowest BCUT2D eigenvalue weighted by Crippen LogP contribution is -2.43. The van der Waals surface area contributed by atoms with Gasteiger partial charge in [0.2, 0.25) is 11.8 Å². The van der Waals surface area contributed by atoms with Crippen molar-refractivity contribution >= 4 is 29.5 Å². The number of rotatable bonds is 6. The van der Waals surface area contributed by atoms with E-state index in [2.05, 4.69) is 10.6 Å². The third kappa shape index (κ3) is 4.72. The predicted octanol–water partition coefficient (Wildman–Crippen LogP) is 1.41. The zero-order valence-electron chi connectivity index (χ0n) is 13.1. The second kappa shape index (κ2) is 8.01. The van der Waals surface area contributed by atoms with E-state index in [0.29, 0.717) is 12.8 Å². The van der Waals surface area contributed by atoms with E-state index in [-0.39, 0.29) is 18.2 Å². The molecule has 6 nitrogen and oxygen atoms in total. The minimum atomic E-state index is -0.534. The largest absolute Gasteiger partial charge is 0.469 e. The Balaban J connectivity index is 2.11. The molecular formula is C16H20N2O4S. The number of nitrogens with one attached hydrogen (secondary N) is 2. The van der Waals surface area contributed by atoms with Gasteiger partial charge in [0.25, 0.3) is 0 Å². The molecule has 0 bridgehead atoms. The van der Waals surface area contributed by atoms with Crippen LogP contribution in [0.5, 0.6) is 0 Å². The van der Waals surface area contributed by atoms with Crippen LogP contribution in [0.2, 0.25) is 0 Å². The third-order valence-corrected chi connectivity index (χ3v) is 4.49. The molecule has 2 atom stereocenters.